The van der Waals surface area contributed by atoms with E-state index in [1.165, 1.54) is 0 Å². The predicted molar refractivity (Wildman–Crippen MR) is 57.6 cm³/mol. The first-order valence-electron chi connectivity index (χ1n) is 3.66. The van der Waals surface area contributed by atoms with Crippen molar-refractivity contribution in [3.05, 3.63) is 33.8 Å². The van der Waals surface area contributed by atoms with Gasteiger partial charge in [0.25, 0.3) is 0 Å². The molecule has 0 saturated carbocycles. The third-order valence-corrected chi connectivity index (χ3v) is 3.42. The number of hydrogen-bond donors (Lipinski definition) is 1. The monoisotopic (exact) mass is 292 g/mol. The first-order chi connectivity index (χ1) is 5.66. The Morgan fingerprint density at radius 1 is 1.50 bits per heavy atom. The summed E-state index contributed by atoms with van der Waals surface area (Å²) in [5, 5.41) is 10.1. The molecule has 3 heteroatoms. The van der Waals surface area contributed by atoms with Crippen LogP contribution in [0.15, 0.2) is 22.7 Å². The molecular formula is C9H10Br2O. The average molecular weight is 294 g/mol. The Labute approximate surface area is 89.1 Å². The highest BCUT2D eigenvalue weighted by Crippen LogP contribution is 2.27. The summed E-state index contributed by atoms with van der Waals surface area (Å²) >= 11 is 6.68. The van der Waals surface area contributed by atoms with Crippen molar-refractivity contribution in [1.82, 2.24) is 0 Å². The summed E-state index contributed by atoms with van der Waals surface area (Å²) in [6.07, 6.45) is -0.431. The molecule has 1 aromatic rings. The van der Waals surface area contributed by atoms with Gasteiger partial charge in [-0.05, 0) is 18.1 Å². The summed E-state index contributed by atoms with van der Waals surface area (Å²) in [7, 11) is 0. The fourth-order valence-electron chi connectivity index (χ4n) is 1.01. The Hall–Kier alpha value is 0.140. The second-order valence-corrected chi connectivity index (χ2v) is 4.09. The fraction of sp³-hybridized carbons (Fsp3) is 0.333. The molecule has 12 heavy (non-hydrogen) atoms. The number of hydrogen-bond acceptors (Lipinski definition) is 1. The molecule has 1 aromatic carbocycles. The van der Waals surface area contributed by atoms with Crippen molar-refractivity contribution >= 4 is 31.9 Å². The van der Waals surface area contributed by atoms with Crippen molar-refractivity contribution in [1.29, 1.82) is 0 Å². The summed E-state index contributed by atoms with van der Waals surface area (Å²) in [6.45, 7) is 2.01. The molecule has 0 fully saturated rings. The molecule has 1 rings (SSSR count). The van der Waals surface area contributed by atoms with Gasteiger partial charge in [0.2, 0.25) is 0 Å². The van der Waals surface area contributed by atoms with E-state index in [9.17, 15) is 5.11 Å². The SMILES string of the molecule is Cc1cccc([C@@H](O)CBr)c1Br. The Morgan fingerprint density at radius 3 is 2.75 bits per heavy atom. The molecule has 66 valence electrons. The van der Waals surface area contributed by atoms with Gasteiger partial charge in [-0.3, -0.25) is 0 Å². The lowest BCUT2D eigenvalue weighted by Gasteiger charge is -2.10. The van der Waals surface area contributed by atoms with Crippen LogP contribution >= 0.6 is 31.9 Å². The van der Waals surface area contributed by atoms with Crippen LogP contribution in [0, 0.1) is 6.92 Å². The zero-order valence-corrected chi connectivity index (χ0v) is 9.89. The Morgan fingerprint density at radius 2 is 2.17 bits per heavy atom. The van der Waals surface area contributed by atoms with Crippen LogP contribution in [0.2, 0.25) is 0 Å². The highest BCUT2D eigenvalue weighted by atomic mass is 79.9. The number of aliphatic hydroxyl groups excluding tert-OH is 1. The van der Waals surface area contributed by atoms with Crippen molar-refractivity contribution in [3.63, 3.8) is 0 Å². The van der Waals surface area contributed by atoms with Gasteiger partial charge in [0.05, 0.1) is 6.10 Å². The lowest BCUT2D eigenvalue weighted by Crippen LogP contribution is -1.99. The maximum Gasteiger partial charge on any atom is 0.0897 e. The van der Waals surface area contributed by atoms with Gasteiger partial charge in [0.15, 0.2) is 0 Å². The van der Waals surface area contributed by atoms with Crippen molar-refractivity contribution in [2.75, 3.05) is 5.33 Å². The number of rotatable bonds is 2. The number of alkyl halides is 1. The van der Waals surface area contributed by atoms with Gasteiger partial charge in [0.1, 0.15) is 0 Å². The zero-order chi connectivity index (χ0) is 9.14. The molecule has 0 aliphatic rings. The number of aliphatic hydroxyl groups is 1. The number of halogens is 2. The molecule has 1 atom stereocenters. The van der Waals surface area contributed by atoms with Gasteiger partial charge >= 0.3 is 0 Å². The second-order valence-electron chi connectivity index (χ2n) is 2.65. The van der Waals surface area contributed by atoms with Crippen LogP contribution < -0.4 is 0 Å². The Bertz CT molecular complexity index is 273. The lowest BCUT2D eigenvalue weighted by molar-refractivity contribution is 0.204. The first kappa shape index (κ1) is 10.2. The Balaban J connectivity index is 3.07. The van der Waals surface area contributed by atoms with E-state index >= 15 is 0 Å². The molecule has 0 aliphatic heterocycles. The van der Waals surface area contributed by atoms with Gasteiger partial charge in [0, 0.05) is 9.80 Å². The van der Waals surface area contributed by atoms with E-state index in [1.807, 2.05) is 25.1 Å². The van der Waals surface area contributed by atoms with E-state index in [2.05, 4.69) is 31.9 Å². The van der Waals surface area contributed by atoms with Crippen molar-refractivity contribution in [2.24, 2.45) is 0 Å². The van der Waals surface area contributed by atoms with Gasteiger partial charge < -0.3 is 5.11 Å². The molecule has 0 radical (unpaired) electrons. The molecule has 1 nitrogen and oxygen atoms in total. The summed E-state index contributed by atoms with van der Waals surface area (Å²) in [4.78, 5) is 0. The highest BCUT2D eigenvalue weighted by molar-refractivity contribution is 9.10. The highest BCUT2D eigenvalue weighted by Gasteiger charge is 2.10. The third kappa shape index (κ3) is 2.09. The van der Waals surface area contributed by atoms with E-state index in [4.69, 9.17) is 0 Å². The van der Waals surface area contributed by atoms with Crippen LogP contribution in [0.4, 0.5) is 0 Å². The number of benzene rings is 1. The second kappa shape index (κ2) is 4.40. The van der Waals surface area contributed by atoms with E-state index < -0.39 is 6.10 Å². The van der Waals surface area contributed by atoms with Crippen LogP contribution in [0.25, 0.3) is 0 Å². The summed E-state index contributed by atoms with van der Waals surface area (Å²) in [5.41, 5.74) is 2.08. The van der Waals surface area contributed by atoms with Gasteiger partial charge in [-0.2, -0.15) is 0 Å². The van der Waals surface area contributed by atoms with Gasteiger partial charge in [-0.1, -0.05) is 50.1 Å². The number of aryl methyl sites for hydroxylation is 1. The maximum atomic E-state index is 9.56. The molecule has 0 aliphatic carbocycles. The van der Waals surface area contributed by atoms with Crippen LogP contribution in [0.5, 0.6) is 0 Å². The molecule has 0 heterocycles. The van der Waals surface area contributed by atoms with E-state index in [-0.39, 0.29) is 0 Å². The fourth-order valence-corrected chi connectivity index (χ4v) is 1.89. The van der Waals surface area contributed by atoms with Crippen LogP contribution in [0.1, 0.15) is 17.2 Å². The van der Waals surface area contributed by atoms with Crippen LogP contribution in [0.3, 0.4) is 0 Å². The largest absolute Gasteiger partial charge is 0.388 e. The van der Waals surface area contributed by atoms with Crippen LogP contribution in [-0.2, 0) is 0 Å². The minimum atomic E-state index is -0.431. The summed E-state index contributed by atoms with van der Waals surface area (Å²) in [5.74, 6) is 0. The minimum absolute atomic E-state index is 0.431. The van der Waals surface area contributed by atoms with Gasteiger partial charge in [-0.25, -0.2) is 0 Å². The zero-order valence-electron chi connectivity index (χ0n) is 6.72. The molecular weight excluding hydrogens is 284 g/mol. The quantitative estimate of drug-likeness (QED) is 0.831. The molecule has 0 aromatic heterocycles. The van der Waals surface area contributed by atoms with E-state index in [0.717, 1.165) is 15.6 Å². The van der Waals surface area contributed by atoms with Gasteiger partial charge in [-0.15, -0.1) is 0 Å². The normalized spacial score (nSPS) is 13.0. The minimum Gasteiger partial charge on any atom is -0.388 e. The average Bonchev–Trinajstić information content (AvgIpc) is 2.08. The molecule has 0 unspecified atom stereocenters. The van der Waals surface area contributed by atoms with Crippen LogP contribution in [-0.4, -0.2) is 10.4 Å². The topological polar surface area (TPSA) is 20.2 Å². The van der Waals surface area contributed by atoms with Crippen molar-refractivity contribution in [2.45, 2.75) is 13.0 Å². The smallest absolute Gasteiger partial charge is 0.0897 e. The summed E-state index contributed by atoms with van der Waals surface area (Å²) < 4.78 is 0.997. The first-order valence-corrected chi connectivity index (χ1v) is 5.57. The standard InChI is InChI=1S/C9H10Br2O/c1-6-3-2-4-7(9(6)11)8(12)5-10/h2-4,8,12H,5H2,1H3/t8-/m0/s1. The lowest BCUT2D eigenvalue weighted by atomic mass is 10.1. The molecule has 0 amide bonds. The Kier molecular flexibility index (Phi) is 3.75. The molecule has 0 saturated heterocycles. The predicted octanol–water partition coefficient (Wildman–Crippen LogP) is 3.19. The molecule has 1 N–H and O–H groups in total. The molecule has 0 spiro atoms. The van der Waals surface area contributed by atoms with E-state index in [0.29, 0.717) is 5.33 Å². The summed E-state index contributed by atoms with van der Waals surface area (Å²) in [6, 6.07) is 5.87. The maximum absolute atomic E-state index is 9.56. The van der Waals surface area contributed by atoms with E-state index in [1.54, 1.807) is 0 Å². The van der Waals surface area contributed by atoms with Crippen molar-refractivity contribution < 1.29 is 5.11 Å². The third-order valence-electron chi connectivity index (χ3n) is 1.73. The van der Waals surface area contributed by atoms with Crippen molar-refractivity contribution in [3.8, 4) is 0 Å². The molecule has 0 bridgehead atoms.